The highest BCUT2D eigenvalue weighted by atomic mass is 16.5. The molecule has 0 fully saturated rings. The molecule has 0 aliphatic heterocycles. The molecule has 0 aliphatic carbocycles. The zero-order valence-electron chi connectivity index (χ0n) is 15.5. The third kappa shape index (κ3) is 17.5. The van der Waals surface area contributed by atoms with Crippen LogP contribution in [0.3, 0.4) is 0 Å². The Morgan fingerprint density at radius 3 is 2.46 bits per heavy atom. The topological polar surface area (TPSA) is 66.8 Å². The minimum Gasteiger partial charge on any atom is -0.463 e. The fourth-order valence-electron chi connectivity index (χ4n) is 2.59. The van der Waals surface area contributed by atoms with Gasteiger partial charge in [0.25, 0.3) is 0 Å². The standard InChI is InChI=1S/C20H38O4/c1-2-3-4-11-14-19(22)15-12-9-7-5-6-8-10-13-16-20(23)24-18-17-21/h9,12,19,21-22H,2-8,10-11,13-18H2,1H3/b12-9-/t19-/m1/s1. The number of rotatable bonds is 17. The van der Waals surface area contributed by atoms with Gasteiger partial charge in [-0.05, 0) is 32.1 Å². The number of ether oxygens (including phenoxy) is 1. The van der Waals surface area contributed by atoms with Gasteiger partial charge < -0.3 is 14.9 Å². The van der Waals surface area contributed by atoms with Crippen molar-refractivity contribution in [1.82, 2.24) is 0 Å². The molecular weight excluding hydrogens is 304 g/mol. The normalized spacial score (nSPS) is 12.6. The van der Waals surface area contributed by atoms with Crippen LogP contribution in [-0.4, -0.2) is 35.5 Å². The molecule has 0 unspecified atom stereocenters. The summed E-state index contributed by atoms with van der Waals surface area (Å²) in [6.07, 6.45) is 17.6. The van der Waals surface area contributed by atoms with Crippen LogP contribution in [0.25, 0.3) is 0 Å². The van der Waals surface area contributed by atoms with Gasteiger partial charge in [-0.1, -0.05) is 64.0 Å². The molecule has 0 aliphatic rings. The Morgan fingerprint density at radius 1 is 1.00 bits per heavy atom. The van der Waals surface area contributed by atoms with Gasteiger partial charge >= 0.3 is 5.97 Å². The van der Waals surface area contributed by atoms with E-state index in [-0.39, 0.29) is 25.3 Å². The van der Waals surface area contributed by atoms with E-state index < -0.39 is 0 Å². The van der Waals surface area contributed by atoms with Crippen molar-refractivity contribution in [2.75, 3.05) is 13.2 Å². The van der Waals surface area contributed by atoms with E-state index in [9.17, 15) is 9.90 Å². The van der Waals surface area contributed by atoms with Crippen molar-refractivity contribution >= 4 is 5.97 Å². The first kappa shape index (κ1) is 23.1. The minimum absolute atomic E-state index is 0.102. The van der Waals surface area contributed by atoms with Crippen LogP contribution in [0.2, 0.25) is 0 Å². The molecule has 4 heteroatoms. The number of hydrogen-bond donors (Lipinski definition) is 2. The molecular formula is C20H38O4. The Hall–Kier alpha value is -0.870. The average molecular weight is 343 g/mol. The molecule has 2 N–H and O–H groups in total. The monoisotopic (exact) mass is 342 g/mol. The smallest absolute Gasteiger partial charge is 0.305 e. The molecule has 0 aromatic carbocycles. The van der Waals surface area contributed by atoms with E-state index in [4.69, 9.17) is 9.84 Å². The summed E-state index contributed by atoms with van der Waals surface area (Å²) in [5.74, 6) is -0.208. The lowest BCUT2D eigenvalue weighted by Crippen LogP contribution is -2.07. The van der Waals surface area contributed by atoms with E-state index in [0.29, 0.717) is 6.42 Å². The maximum absolute atomic E-state index is 11.2. The predicted molar refractivity (Wildman–Crippen MR) is 98.9 cm³/mol. The fraction of sp³-hybridized carbons (Fsp3) is 0.850. The average Bonchev–Trinajstić information content (AvgIpc) is 2.58. The summed E-state index contributed by atoms with van der Waals surface area (Å²) >= 11 is 0. The van der Waals surface area contributed by atoms with Gasteiger partial charge in [-0.3, -0.25) is 4.79 Å². The van der Waals surface area contributed by atoms with Crippen molar-refractivity contribution in [3.8, 4) is 0 Å². The minimum atomic E-state index is -0.208. The van der Waals surface area contributed by atoms with Gasteiger partial charge in [-0.15, -0.1) is 0 Å². The molecule has 24 heavy (non-hydrogen) atoms. The van der Waals surface area contributed by atoms with Crippen LogP contribution in [0.1, 0.15) is 90.4 Å². The van der Waals surface area contributed by atoms with E-state index in [1.165, 1.54) is 25.7 Å². The summed E-state index contributed by atoms with van der Waals surface area (Å²) in [4.78, 5) is 11.2. The Balaban J connectivity index is 3.30. The highest BCUT2D eigenvalue weighted by molar-refractivity contribution is 5.69. The van der Waals surface area contributed by atoms with E-state index in [2.05, 4.69) is 19.1 Å². The highest BCUT2D eigenvalue weighted by Gasteiger charge is 2.02. The Morgan fingerprint density at radius 2 is 1.71 bits per heavy atom. The molecule has 1 atom stereocenters. The number of aliphatic hydroxyl groups is 2. The second-order valence-corrected chi connectivity index (χ2v) is 6.46. The first-order valence-electron chi connectivity index (χ1n) is 9.80. The van der Waals surface area contributed by atoms with E-state index in [0.717, 1.165) is 51.4 Å². The van der Waals surface area contributed by atoms with Crippen molar-refractivity contribution in [1.29, 1.82) is 0 Å². The van der Waals surface area contributed by atoms with Gasteiger partial charge in [0.05, 0.1) is 12.7 Å². The second kappa shape index (κ2) is 18.5. The van der Waals surface area contributed by atoms with Crippen molar-refractivity contribution in [3.05, 3.63) is 12.2 Å². The molecule has 0 aromatic heterocycles. The number of esters is 1. The molecule has 0 radical (unpaired) electrons. The van der Waals surface area contributed by atoms with Crippen LogP contribution in [0.15, 0.2) is 12.2 Å². The van der Waals surface area contributed by atoms with Gasteiger partial charge in [0.1, 0.15) is 6.61 Å². The largest absolute Gasteiger partial charge is 0.463 e. The van der Waals surface area contributed by atoms with Crippen LogP contribution in [0, 0.1) is 0 Å². The lowest BCUT2D eigenvalue weighted by molar-refractivity contribution is -0.144. The summed E-state index contributed by atoms with van der Waals surface area (Å²) in [5, 5.41) is 18.4. The van der Waals surface area contributed by atoms with Crippen molar-refractivity contribution < 1.29 is 19.7 Å². The summed E-state index contributed by atoms with van der Waals surface area (Å²) in [6.45, 7) is 2.21. The molecule has 0 heterocycles. The van der Waals surface area contributed by atoms with Gasteiger partial charge in [0, 0.05) is 6.42 Å². The first-order chi connectivity index (χ1) is 11.7. The third-order valence-corrected chi connectivity index (χ3v) is 4.07. The second-order valence-electron chi connectivity index (χ2n) is 6.46. The predicted octanol–water partition coefficient (Wildman–Crippen LogP) is 4.53. The van der Waals surface area contributed by atoms with Gasteiger partial charge in [-0.2, -0.15) is 0 Å². The van der Waals surface area contributed by atoms with E-state index in [1.54, 1.807) is 0 Å². The van der Waals surface area contributed by atoms with Gasteiger partial charge in [-0.25, -0.2) is 0 Å². The zero-order chi connectivity index (χ0) is 17.9. The number of carbonyl (C=O) groups excluding carboxylic acids is 1. The van der Waals surface area contributed by atoms with Crippen LogP contribution < -0.4 is 0 Å². The van der Waals surface area contributed by atoms with Crippen LogP contribution in [-0.2, 0) is 9.53 Å². The van der Waals surface area contributed by atoms with Crippen LogP contribution >= 0.6 is 0 Å². The molecule has 142 valence electrons. The highest BCUT2D eigenvalue weighted by Crippen LogP contribution is 2.10. The number of hydrogen-bond acceptors (Lipinski definition) is 4. The maximum Gasteiger partial charge on any atom is 0.305 e. The SMILES string of the molecule is CCCCCC[C@@H](O)C/C=C\CCCCCCCC(=O)OCCO. The Kier molecular flexibility index (Phi) is 17.8. The lowest BCUT2D eigenvalue weighted by atomic mass is 10.1. The van der Waals surface area contributed by atoms with Gasteiger partial charge in [0.2, 0.25) is 0 Å². The Bertz CT molecular complexity index is 302. The van der Waals surface area contributed by atoms with E-state index >= 15 is 0 Å². The van der Waals surface area contributed by atoms with Crippen molar-refractivity contribution in [2.24, 2.45) is 0 Å². The first-order valence-corrected chi connectivity index (χ1v) is 9.80. The number of unbranched alkanes of at least 4 members (excludes halogenated alkanes) is 8. The summed E-state index contributed by atoms with van der Waals surface area (Å²) < 4.78 is 4.80. The lowest BCUT2D eigenvalue weighted by Gasteiger charge is -2.07. The van der Waals surface area contributed by atoms with Crippen LogP contribution in [0.5, 0.6) is 0 Å². The molecule has 0 saturated carbocycles. The quantitative estimate of drug-likeness (QED) is 0.231. The van der Waals surface area contributed by atoms with Crippen molar-refractivity contribution in [3.63, 3.8) is 0 Å². The molecule has 4 nitrogen and oxygen atoms in total. The zero-order valence-corrected chi connectivity index (χ0v) is 15.5. The molecule has 0 bridgehead atoms. The van der Waals surface area contributed by atoms with Gasteiger partial charge in [0.15, 0.2) is 0 Å². The number of allylic oxidation sites excluding steroid dienone is 1. The van der Waals surface area contributed by atoms with Crippen molar-refractivity contribution in [2.45, 2.75) is 96.5 Å². The molecule has 0 spiro atoms. The molecule has 0 rings (SSSR count). The summed E-state index contributed by atoms with van der Waals surface area (Å²) in [5.41, 5.74) is 0. The number of carbonyl (C=O) groups is 1. The molecule has 0 saturated heterocycles. The fourth-order valence-corrected chi connectivity index (χ4v) is 2.59. The summed E-state index contributed by atoms with van der Waals surface area (Å²) in [7, 11) is 0. The third-order valence-electron chi connectivity index (χ3n) is 4.07. The van der Waals surface area contributed by atoms with E-state index in [1.807, 2.05) is 0 Å². The maximum atomic E-state index is 11.2. The molecule has 0 aromatic rings. The number of aliphatic hydroxyl groups excluding tert-OH is 2. The van der Waals surface area contributed by atoms with Crippen LogP contribution in [0.4, 0.5) is 0 Å². The Labute approximate surface area is 148 Å². The molecule has 0 amide bonds. The summed E-state index contributed by atoms with van der Waals surface area (Å²) in [6, 6.07) is 0.